The van der Waals surface area contributed by atoms with E-state index in [1.165, 1.54) is 17.7 Å². The van der Waals surface area contributed by atoms with Gasteiger partial charge in [0.1, 0.15) is 12.1 Å². The van der Waals surface area contributed by atoms with Crippen LogP contribution in [-0.2, 0) is 0 Å². The van der Waals surface area contributed by atoms with Crippen LogP contribution in [0.5, 0.6) is 0 Å². The Bertz CT molecular complexity index is 587. The lowest BCUT2D eigenvalue weighted by molar-refractivity contribution is -0.180. The van der Waals surface area contributed by atoms with E-state index in [4.69, 9.17) is 0 Å². The van der Waals surface area contributed by atoms with Crippen LogP contribution < -0.4 is 4.90 Å². The average Bonchev–Trinajstić information content (AvgIpc) is 2.57. The minimum atomic E-state index is -4.10. The highest BCUT2D eigenvalue weighted by Crippen LogP contribution is 2.39. The molecular weight excluding hydrogens is 263 g/mol. The number of hydrogen-bond acceptors (Lipinski definition) is 4. The van der Waals surface area contributed by atoms with Crippen LogP contribution in [0.25, 0.3) is 10.2 Å². The highest BCUT2D eigenvalue weighted by Gasteiger charge is 2.47. The number of halogens is 3. The summed E-state index contributed by atoms with van der Waals surface area (Å²) in [7, 11) is 0. The summed E-state index contributed by atoms with van der Waals surface area (Å²) in [6, 6.07) is 0. The zero-order valence-electron chi connectivity index (χ0n) is 9.53. The van der Waals surface area contributed by atoms with E-state index in [9.17, 15) is 13.2 Å². The normalized spacial score (nSPS) is 17.2. The van der Waals surface area contributed by atoms with E-state index in [0.717, 1.165) is 15.8 Å². The molecule has 0 bridgehead atoms. The van der Waals surface area contributed by atoms with E-state index >= 15 is 0 Å². The second-order valence-electron chi connectivity index (χ2n) is 4.44. The van der Waals surface area contributed by atoms with Crippen molar-refractivity contribution in [2.45, 2.75) is 13.1 Å². The van der Waals surface area contributed by atoms with Gasteiger partial charge in [0, 0.05) is 13.1 Å². The molecule has 18 heavy (non-hydrogen) atoms. The maximum absolute atomic E-state index is 12.5. The zero-order chi connectivity index (χ0) is 12.9. The number of nitrogens with zero attached hydrogens (tertiary/aromatic N) is 3. The maximum atomic E-state index is 12.5. The highest BCUT2D eigenvalue weighted by atomic mass is 32.1. The molecule has 0 unspecified atom stereocenters. The zero-order valence-corrected chi connectivity index (χ0v) is 10.3. The van der Waals surface area contributed by atoms with Gasteiger partial charge in [-0.2, -0.15) is 13.2 Å². The van der Waals surface area contributed by atoms with Crippen molar-refractivity contribution in [3.63, 3.8) is 0 Å². The Morgan fingerprint density at radius 3 is 2.72 bits per heavy atom. The van der Waals surface area contributed by atoms with Crippen molar-refractivity contribution in [2.24, 2.45) is 5.92 Å². The van der Waals surface area contributed by atoms with Crippen molar-refractivity contribution in [2.75, 3.05) is 18.0 Å². The van der Waals surface area contributed by atoms with E-state index in [-0.39, 0.29) is 13.1 Å². The van der Waals surface area contributed by atoms with Crippen molar-refractivity contribution in [1.29, 1.82) is 0 Å². The van der Waals surface area contributed by atoms with Gasteiger partial charge in [-0.05, 0) is 17.9 Å². The van der Waals surface area contributed by atoms with Crippen molar-refractivity contribution in [1.82, 2.24) is 9.97 Å². The molecule has 0 N–H and O–H groups in total. The first-order valence-electron chi connectivity index (χ1n) is 5.47. The van der Waals surface area contributed by atoms with Crippen LogP contribution in [0.1, 0.15) is 5.56 Å². The summed E-state index contributed by atoms with van der Waals surface area (Å²) in [6.07, 6.45) is -2.69. The molecule has 0 amide bonds. The molecule has 0 saturated carbocycles. The lowest BCUT2D eigenvalue weighted by atomic mass is 10.00. The summed E-state index contributed by atoms with van der Waals surface area (Å²) in [5.41, 5.74) is 1.87. The smallest absolute Gasteiger partial charge is 0.354 e. The first-order chi connectivity index (χ1) is 8.47. The van der Waals surface area contributed by atoms with Gasteiger partial charge in [0.05, 0.1) is 16.1 Å². The van der Waals surface area contributed by atoms with Crippen LogP contribution >= 0.6 is 11.3 Å². The van der Waals surface area contributed by atoms with Gasteiger partial charge >= 0.3 is 6.18 Å². The van der Waals surface area contributed by atoms with Crippen molar-refractivity contribution < 1.29 is 13.2 Å². The summed E-state index contributed by atoms with van der Waals surface area (Å²) in [5, 5.41) is 1.95. The number of hydrogen-bond donors (Lipinski definition) is 0. The number of alkyl halides is 3. The van der Waals surface area contributed by atoms with E-state index in [1.807, 2.05) is 12.3 Å². The first-order valence-corrected chi connectivity index (χ1v) is 6.35. The minimum absolute atomic E-state index is 0.00738. The van der Waals surface area contributed by atoms with Crippen molar-refractivity contribution in [3.05, 3.63) is 17.3 Å². The number of aryl methyl sites for hydroxylation is 1. The first kappa shape index (κ1) is 11.7. The molecule has 7 heteroatoms. The van der Waals surface area contributed by atoms with Crippen LogP contribution in [0.2, 0.25) is 0 Å². The van der Waals surface area contributed by atoms with Crippen molar-refractivity contribution >= 4 is 27.4 Å². The molecular formula is C11H10F3N3S. The monoisotopic (exact) mass is 273 g/mol. The molecule has 3 nitrogen and oxygen atoms in total. The Kier molecular flexibility index (Phi) is 2.48. The molecule has 0 spiro atoms. The van der Waals surface area contributed by atoms with Crippen LogP contribution in [0.3, 0.4) is 0 Å². The van der Waals surface area contributed by atoms with Gasteiger partial charge in [-0.3, -0.25) is 0 Å². The van der Waals surface area contributed by atoms with Gasteiger partial charge in [-0.1, -0.05) is 0 Å². The second kappa shape index (κ2) is 3.81. The Morgan fingerprint density at radius 1 is 1.33 bits per heavy atom. The summed E-state index contributed by atoms with van der Waals surface area (Å²) >= 11 is 1.48. The molecule has 0 atom stereocenters. The Balaban J connectivity index is 1.89. The van der Waals surface area contributed by atoms with E-state index in [1.54, 1.807) is 4.90 Å². The molecule has 3 heterocycles. The third kappa shape index (κ3) is 1.73. The average molecular weight is 273 g/mol. The molecule has 3 rings (SSSR count). The summed E-state index contributed by atoms with van der Waals surface area (Å²) in [5.74, 6) is -0.609. The topological polar surface area (TPSA) is 29.0 Å². The lowest BCUT2D eigenvalue weighted by Crippen LogP contribution is -2.53. The lowest BCUT2D eigenvalue weighted by Gasteiger charge is -2.40. The largest absolute Gasteiger partial charge is 0.395 e. The summed E-state index contributed by atoms with van der Waals surface area (Å²) in [4.78, 5) is 9.94. The number of thiophene rings is 1. The van der Waals surface area contributed by atoms with Gasteiger partial charge in [-0.15, -0.1) is 11.3 Å². The third-order valence-corrected chi connectivity index (χ3v) is 4.24. The van der Waals surface area contributed by atoms with Crippen LogP contribution in [0.4, 0.5) is 19.0 Å². The number of fused-ring (bicyclic) bond motifs is 1. The van der Waals surface area contributed by atoms with E-state index < -0.39 is 12.1 Å². The van der Waals surface area contributed by atoms with Gasteiger partial charge in [0.15, 0.2) is 0 Å². The molecule has 2 aromatic heterocycles. The Morgan fingerprint density at radius 2 is 2.06 bits per heavy atom. The summed E-state index contributed by atoms with van der Waals surface area (Å²) in [6.45, 7) is 1.92. The van der Waals surface area contributed by atoms with Crippen LogP contribution in [-0.4, -0.2) is 29.2 Å². The van der Waals surface area contributed by atoms with Crippen LogP contribution in [0.15, 0.2) is 11.7 Å². The van der Waals surface area contributed by atoms with Gasteiger partial charge < -0.3 is 4.90 Å². The predicted molar refractivity (Wildman–Crippen MR) is 63.9 cm³/mol. The number of aromatic nitrogens is 2. The van der Waals surface area contributed by atoms with E-state index in [2.05, 4.69) is 9.97 Å². The fourth-order valence-electron chi connectivity index (χ4n) is 2.04. The second-order valence-corrected chi connectivity index (χ2v) is 5.32. The predicted octanol–water partition coefficient (Wildman–Crippen LogP) is 3.00. The minimum Gasteiger partial charge on any atom is -0.354 e. The molecule has 96 valence electrons. The molecule has 1 fully saturated rings. The SMILES string of the molecule is Cc1csc2c(N3CC(C(F)(F)F)C3)ncnc12. The molecule has 1 aliphatic rings. The van der Waals surface area contributed by atoms with E-state index in [0.29, 0.717) is 5.82 Å². The fraction of sp³-hybridized carbons (Fsp3) is 0.455. The van der Waals surface area contributed by atoms with Gasteiger partial charge in [0.25, 0.3) is 0 Å². The molecule has 0 aliphatic carbocycles. The fourth-order valence-corrected chi connectivity index (χ4v) is 3.06. The Hall–Kier alpha value is -1.37. The third-order valence-electron chi connectivity index (χ3n) is 3.16. The van der Waals surface area contributed by atoms with Gasteiger partial charge in [-0.25, -0.2) is 9.97 Å². The molecule has 1 aliphatic heterocycles. The van der Waals surface area contributed by atoms with Gasteiger partial charge in [0.2, 0.25) is 0 Å². The van der Waals surface area contributed by atoms with Crippen LogP contribution in [0, 0.1) is 12.8 Å². The molecule has 0 aromatic carbocycles. The molecule has 2 aromatic rings. The molecule has 0 radical (unpaired) electrons. The molecule has 1 saturated heterocycles. The van der Waals surface area contributed by atoms with Crippen molar-refractivity contribution in [3.8, 4) is 0 Å². The standard InChI is InChI=1S/C11H10F3N3S/c1-6-4-18-9-8(6)15-5-16-10(9)17-2-7(3-17)11(12,13)14/h4-5,7H,2-3H2,1H3. The quantitative estimate of drug-likeness (QED) is 0.799. The number of rotatable bonds is 1. The Labute approximate surface area is 105 Å². The maximum Gasteiger partial charge on any atom is 0.395 e. The number of anilines is 1. The highest BCUT2D eigenvalue weighted by molar-refractivity contribution is 7.18. The summed E-state index contributed by atoms with van der Waals surface area (Å²) < 4.78 is 38.2.